The smallest absolute Gasteiger partial charge is 0.337 e. The molecule has 0 spiro atoms. The fraction of sp³-hybridized carbons (Fsp3) is 0.286. The van der Waals surface area contributed by atoms with Crippen molar-refractivity contribution in [2.45, 2.75) is 19.9 Å². The molecular weight excluding hydrogens is 256 g/mol. The number of nitrogen functional groups attached to an aromatic ring is 1. The molecule has 106 valence electrons. The third-order valence-corrected chi connectivity index (χ3v) is 3.07. The van der Waals surface area contributed by atoms with Crippen LogP contribution in [0.4, 0.5) is 11.4 Å². The molecule has 4 N–H and O–H groups in total. The van der Waals surface area contributed by atoms with E-state index in [9.17, 15) is 9.90 Å². The Hall–Kier alpha value is -2.50. The standard InChI is InChI=1S/C14H18N4O2/c1-3-12-9(8-18(2)17-12)7-16-13-5-4-10(15)6-11(13)14(19)20/h4-6,8,16H,3,7,15H2,1-2H3,(H,19,20). The molecular formula is C14H18N4O2. The summed E-state index contributed by atoms with van der Waals surface area (Å²) in [6, 6.07) is 4.81. The second kappa shape index (κ2) is 5.64. The molecule has 2 aromatic rings. The number of carboxylic acid groups (broad SMARTS) is 1. The SMILES string of the molecule is CCc1nn(C)cc1CNc1ccc(N)cc1C(=O)O. The van der Waals surface area contributed by atoms with Gasteiger partial charge in [0.25, 0.3) is 0 Å². The highest BCUT2D eigenvalue weighted by molar-refractivity contribution is 5.95. The number of rotatable bonds is 5. The van der Waals surface area contributed by atoms with Crippen LogP contribution < -0.4 is 11.1 Å². The van der Waals surface area contributed by atoms with Crippen molar-refractivity contribution in [1.29, 1.82) is 0 Å². The normalized spacial score (nSPS) is 10.5. The highest BCUT2D eigenvalue weighted by atomic mass is 16.4. The first kappa shape index (κ1) is 13.9. The van der Waals surface area contributed by atoms with Gasteiger partial charge in [0.15, 0.2) is 0 Å². The van der Waals surface area contributed by atoms with E-state index in [1.165, 1.54) is 6.07 Å². The number of aromatic carboxylic acids is 1. The summed E-state index contributed by atoms with van der Waals surface area (Å²) in [5.41, 5.74) is 8.84. The van der Waals surface area contributed by atoms with E-state index in [1.807, 2.05) is 20.2 Å². The minimum Gasteiger partial charge on any atom is -0.478 e. The Morgan fingerprint density at radius 1 is 1.50 bits per heavy atom. The van der Waals surface area contributed by atoms with Crippen LogP contribution in [0.3, 0.4) is 0 Å². The Labute approximate surface area is 117 Å². The van der Waals surface area contributed by atoms with Gasteiger partial charge in [0.2, 0.25) is 0 Å². The largest absolute Gasteiger partial charge is 0.478 e. The lowest BCUT2D eigenvalue weighted by Gasteiger charge is -2.10. The molecule has 0 radical (unpaired) electrons. The van der Waals surface area contributed by atoms with Crippen LogP contribution in [-0.2, 0) is 20.0 Å². The van der Waals surface area contributed by atoms with Crippen molar-refractivity contribution < 1.29 is 9.90 Å². The summed E-state index contributed by atoms with van der Waals surface area (Å²) in [6.45, 7) is 2.57. The molecule has 0 amide bonds. The van der Waals surface area contributed by atoms with Crippen molar-refractivity contribution in [3.63, 3.8) is 0 Å². The second-order valence-electron chi connectivity index (χ2n) is 4.59. The van der Waals surface area contributed by atoms with E-state index in [0.29, 0.717) is 17.9 Å². The van der Waals surface area contributed by atoms with Gasteiger partial charge in [-0.3, -0.25) is 4.68 Å². The number of nitrogens with two attached hydrogens (primary N) is 1. The number of anilines is 2. The van der Waals surface area contributed by atoms with Gasteiger partial charge in [-0.05, 0) is 24.6 Å². The van der Waals surface area contributed by atoms with Gasteiger partial charge < -0.3 is 16.2 Å². The van der Waals surface area contributed by atoms with E-state index in [4.69, 9.17) is 5.73 Å². The second-order valence-corrected chi connectivity index (χ2v) is 4.59. The fourth-order valence-corrected chi connectivity index (χ4v) is 2.11. The maximum atomic E-state index is 11.2. The maximum Gasteiger partial charge on any atom is 0.337 e. The molecule has 0 unspecified atom stereocenters. The van der Waals surface area contributed by atoms with Gasteiger partial charge in [-0.15, -0.1) is 0 Å². The third kappa shape index (κ3) is 2.90. The van der Waals surface area contributed by atoms with Crippen LogP contribution in [0.2, 0.25) is 0 Å². The van der Waals surface area contributed by atoms with Crippen molar-refractivity contribution in [1.82, 2.24) is 9.78 Å². The summed E-state index contributed by atoms with van der Waals surface area (Å²) >= 11 is 0. The zero-order chi connectivity index (χ0) is 14.7. The zero-order valence-electron chi connectivity index (χ0n) is 11.6. The fourth-order valence-electron chi connectivity index (χ4n) is 2.11. The van der Waals surface area contributed by atoms with E-state index >= 15 is 0 Å². The van der Waals surface area contributed by atoms with Crippen molar-refractivity contribution >= 4 is 17.3 Å². The van der Waals surface area contributed by atoms with Crippen LogP contribution in [0.1, 0.15) is 28.5 Å². The molecule has 0 fully saturated rings. The summed E-state index contributed by atoms with van der Waals surface area (Å²) in [5.74, 6) is -0.998. The number of hydrogen-bond acceptors (Lipinski definition) is 4. The summed E-state index contributed by atoms with van der Waals surface area (Å²) in [5, 5.41) is 16.7. The molecule has 0 aliphatic rings. The molecule has 0 aliphatic heterocycles. The molecule has 20 heavy (non-hydrogen) atoms. The highest BCUT2D eigenvalue weighted by Crippen LogP contribution is 2.20. The molecule has 6 nitrogen and oxygen atoms in total. The van der Waals surface area contributed by atoms with Crippen molar-refractivity contribution in [2.24, 2.45) is 7.05 Å². The van der Waals surface area contributed by atoms with Crippen LogP contribution in [0.5, 0.6) is 0 Å². The van der Waals surface area contributed by atoms with Gasteiger partial charge in [0.05, 0.1) is 11.3 Å². The van der Waals surface area contributed by atoms with Gasteiger partial charge in [0, 0.05) is 36.7 Å². The number of nitrogens with one attached hydrogen (secondary N) is 1. The lowest BCUT2D eigenvalue weighted by molar-refractivity contribution is 0.0698. The lowest BCUT2D eigenvalue weighted by atomic mass is 10.1. The Balaban J connectivity index is 2.20. The molecule has 0 atom stereocenters. The van der Waals surface area contributed by atoms with Gasteiger partial charge in [-0.1, -0.05) is 6.92 Å². The molecule has 1 aromatic heterocycles. The minimum absolute atomic E-state index is 0.173. The van der Waals surface area contributed by atoms with Gasteiger partial charge >= 0.3 is 5.97 Å². The molecule has 1 heterocycles. The number of hydrogen-bond donors (Lipinski definition) is 3. The number of carboxylic acids is 1. The first-order valence-electron chi connectivity index (χ1n) is 6.39. The molecule has 2 rings (SSSR count). The molecule has 0 aliphatic carbocycles. The quantitative estimate of drug-likeness (QED) is 0.724. The van der Waals surface area contributed by atoms with Crippen molar-refractivity contribution in [3.8, 4) is 0 Å². The van der Waals surface area contributed by atoms with E-state index in [1.54, 1.807) is 16.8 Å². The number of aryl methyl sites for hydroxylation is 2. The average Bonchev–Trinajstić information content (AvgIpc) is 2.77. The summed E-state index contributed by atoms with van der Waals surface area (Å²) in [6.07, 6.45) is 2.77. The number of aromatic nitrogens is 2. The van der Waals surface area contributed by atoms with Crippen molar-refractivity contribution in [2.75, 3.05) is 11.1 Å². The Morgan fingerprint density at radius 3 is 2.90 bits per heavy atom. The van der Waals surface area contributed by atoms with Gasteiger partial charge in [0.1, 0.15) is 0 Å². The van der Waals surface area contributed by atoms with Gasteiger partial charge in [-0.2, -0.15) is 5.10 Å². The Morgan fingerprint density at radius 2 is 2.25 bits per heavy atom. The first-order chi connectivity index (χ1) is 9.51. The zero-order valence-corrected chi connectivity index (χ0v) is 11.6. The van der Waals surface area contributed by atoms with Crippen LogP contribution in [0.15, 0.2) is 24.4 Å². The average molecular weight is 274 g/mol. The van der Waals surface area contributed by atoms with E-state index in [-0.39, 0.29) is 5.56 Å². The number of carbonyl (C=O) groups is 1. The summed E-state index contributed by atoms with van der Waals surface area (Å²) < 4.78 is 1.76. The van der Waals surface area contributed by atoms with Crippen LogP contribution in [0, 0.1) is 0 Å². The monoisotopic (exact) mass is 274 g/mol. The van der Waals surface area contributed by atoms with Crippen LogP contribution >= 0.6 is 0 Å². The molecule has 0 saturated heterocycles. The van der Waals surface area contributed by atoms with E-state index < -0.39 is 5.97 Å². The van der Waals surface area contributed by atoms with Crippen molar-refractivity contribution in [3.05, 3.63) is 41.2 Å². The van der Waals surface area contributed by atoms with Crippen LogP contribution in [0.25, 0.3) is 0 Å². The summed E-state index contributed by atoms with van der Waals surface area (Å²) in [4.78, 5) is 11.2. The van der Waals surface area contributed by atoms with E-state index in [2.05, 4.69) is 10.4 Å². The predicted octanol–water partition coefficient (Wildman–Crippen LogP) is 1.88. The predicted molar refractivity (Wildman–Crippen MR) is 77.7 cm³/mol. The number of benzene rings is 1. The third-order valence-electron chi connectivity index (χ3n) is 3.07. The maximum absolute atomic E-state index is 11.2. The molecule has 1 aromatic carbocycles. The summed E-state index contributed by atoms with van der Waals surface area (Å²) in [7, 11) is 1.87. The van der Waals surface area contributed by atoms with E-state index in [0.717, 1.165) is 17.7 Å². The molecule has 0 saturated carbocycles. The Kier molecular flexibility index (Phi) is 3.93. The highest BCUT2D eigenvalue weighted by Gasteiger charge is 2.11. The van der Waals surface area contributed by atoms with Crippen LogP contribution in [-0.4, -0.2) is 20.9 Å². The lowest BCUT2D eigenvalue weighted by Crippen LogP contribution is -2.07. The van der Waals surface area contributed by atoms with Gasteiger partial charge in [-0.25, -0.2) is 4.79 Å². The molecule has 0 bridgehead atoms. The Bertz CT molecular complexity index is 634. The number of nitrogens with zero attached hydrogens (tertiary/aromatic N) is 2. The molecule has 6 heteroatoms. The minimum atomic E-state index is -0.998. The topological polar surface area (TPSA) is 93.2 Å². The first-order valence-corrected chi connectivity index (χ1v) is 6.39.